The van der Waals surface area contributed by atoms with E-state index in [1.54, 1.807) is 21.0 Å². The average molecular weight is 541 g/mol. The normalized spacial score (nSPS) is 17.2. The fraction of sp³-hybridized carbons (Fsp3) is 0.538. The molecule has 1 aromatic carbocycles. The Bertz CT molecular complexity index is 1650. The van der Waals surface area contributed by atoms with Crippen LogP contribution in [0.1, 0.15) is 65.9 Å². The number of imidazole rings is 1. The van der Waals surface area contributed by atoms with Crippen LogP contribution in [0.2, 0.25) is 0 Å². The van der Waals surface area contributed by atoms with Crippen LogP contribution in [0, 0.1) is 6.92 Å². The van der Waals surface area contributed by atoms with E-state index in [0.717, 1.165) is 16.9 Å². The molecule has 38 heavy (non-hydrogen) atoms. The molecule has 0 aliphatic carbocycles. The molecule has 0 spiro atoms. The first-order valence-electron chi connectivity index (χ1n) is 12.9. The second-order valence-corrected chi connectivity index (χ2v) is 13.5. The number of nitrogens with zero attached hydrogens (tertiary/aromatic N) is 7. The molecule has 1 aliphatic rings. The van der Waals surface area contributed by atoms with Gasteiger partial charge >= 0.3 is 0 Å². The van der Waals surface area contributed by atoms with Crippen LogP contribution >= 0.6 is 0 Å². The number of rotatable bonds is 7. The van der Waals surface area contributed by atoms with Crippen LogP contribution < -0.4 is 9.62 Å². The Balaban J connectivity index is 1.83. The van der Waals surface area contributed by atoms with Gasteiger partial charge in [0.05, 0.1) is 29.4 Å². The number of fused-ring (bicyclic) bond motifs is 3. The summed E-state index contributed by atoms with van der Waals surface area (Å²) in [4.78, 5) is 9.97. The standard InChI is InChI=1S/C26H36N8O3S/c1-14(2)27-23-25-31-30-17(6)32(25)12-20(28-23)24-29-19-10-18-21(11-22(19)33(24)16(5)13-37-9)34(15(3)4)38(35,36)26(18,7)8/h10-12,14-16H,13H2,1-9H3,(H,27,28)/t16-/m0/s1. The molecule has 4 heterocycles. The van der Waals surface area contributed by atoms with Gasteiger partial charge in [0, 0.05) is 31.0 Å². The maximum absolute atomic E-state index is 13.5. The summed E-state index contributed by atoms with van der Waals surface area (Å²) in [7, 11) is -1.93. The van der Waals surface area contributed by atoms with Gasteiger partial charge in [-0.25, -0.2) is 18.4 Å². The first kappa shape index (κ1) is 26.4. The Kier molecular flexibility index (Phi) is 6.18. The molecule has 0 unspecified atom stereocenters. The molecule has 3 aromatic heterocycles. The van der Waals surface area contributed by atoms with E-state index in [2.05, 4.69) is 27.0 Å². The molecule has 1 N–H and O–H groups in total. The quantitative estimate of drug-likeness (QED) is 0.369. The Morgan fingerprint density at radius 3 is 2.42 bits per heavy atom. The van der Waals surface area contributed by atoms with E-state index >= 15 is 0 Å². The minimum atomic E-state index is -3.59. The van der Waals surface area contributed by atoms with Crippen LogP contribution in [-0.2, 0) is 19.5 Å². The van der Waals surface area contributed by atoms with E-state index in [-0.39, 0.29) is 18.1 Å². The molecule has 1 aliphatic heterocycles. The van der Waals surface area contributed by atoms with Crippen molar-refractivity contribution in [1.29, 1.82) is 0 Å². The monoisotopic (exact) mass is 540 g/mol. The molecule has 12 heteroatoms. The topological polar surface area (TPSA) is 120 Å². The number of nitrogens with one attached hydrogen (secondary N) is 1. The summed E-state index contributed by atoms with van der Waals surface area (Å²) in [6, 6.07) is 3.68. The van der Waals surface area contributed by atoms with E-state index in [0.29, 0.717) is 40.8 Å². The molecular formula is C26H36N8O3S. The van der Waals surface area contributed by atoms with Crippen molar-refractivity contribution in [3.05, 3.63) is 29.7 Å². The second-order valence-electron chi connectivity index (χ2n) is 11.1. The molecule has 0 amide bonds. The van der Waals surface area contributed by atoms with Crippen LogP contribution in [0.3, 0.4) is 0 Å². The van der Waals surface area contributed by atoms with Gasteiger partial charge in [-0.3, -0.25) is 8.71 Å². The van der Waals surface area contributed by atoms with Gasteiger partial charge in [0.1, 0.15) is 16.3 Å². The summed E-state index contributed by atoms with van der Waals surface area (Å²) >= 11 is 0. The van der Waals surface area contributed by atoms with Gasteiger partial charge < -0.3 is 14.6 Å². The molecule has 0 saturated heterocycles. The first-order valence-corrected chi connectivity index (χ1v) is 14.3. The number of aryl methyl sites for hydroxylation is 1. The highest BCUT2D eigenvalue weighted by molar-refractivity contribution is 7.94. The van der Waals surface area contributed by atoms with Crippen LogP contribution in [0.15, 0.2) is 18.3 Å². The van der Waals surface area contributed by atoms with Crippen molar-refractivity contribution in [3.8, 4) is 11.5 Å². The third kappa shape index (κ3) is 3.76. The average Bonchev–Trinajstić information content (AvgIpc) is 3.42. The van der Waals surface area contributed by atoms with Gasteiger partial charge in [0.25, 0.3) is 0 Å². The molecule has 0 bridgehead atoms. The molecule has 5 rings (SSSR count). The maximum Gasteiger partial charge on any atom is 0.244 e. The van der Waals surface area contributed by atoms with Crippen molar-refractivity contribution in [3.63, 3.8) is 0 Å². The van der Waals surface area contributed by atoms with E-state index in [4.69, 9.17) is 14.7 Å². The maximum atomic E-state index is 13.5. The lowest BCUT2D eigenvalue weighted by Crippen LogP contribution is -2.39. The van der Waals surface area contributed by atoms with E-state index in [1.807, 2.05) is 57.3 Å². The molecule has 0 fully saturated rings. The highest BCUT2D eigenvalue weighted by Crippen LogP contribution is 2.49. The van der Waals surface area contributed by atoms with Crippen molar-refractivity contribution in [1.82, 2.24) is 29.1 Å². The minimum absolute atomic E-state index is 0.0995. The van der Waals surface area contributed by atoms with E-state index in [1.165, 1.54) is 4.31 Å². The highest BCUT2D eigenvalue weighted by atomic mass is 32.2. The highest BCUT2D eigenvalue weighted by Gasteiger charge is 2.51. The Morgan fingerprint density at radius 1 is 1.08 bits per heavy atom. The van der Waals surface area contributed by atoms with Crippen LogP contribution in [0.4, 0.5) is 11.5 Å². The molecule has 204 valence electrons. The molecular weight excluding hydrogens is 504 g/mol. The van der Waals surface area contributed by atoms with Crippen molar-refractivity contribution >= 4 is 38.2 Å². The van der Waals surface area contributed by atoms with E-state index in [9.17, 15) is 8.42 Å². The number of benzene rings is 1. The van der Waals surface area contributed by atoms with Gasteiger partial charge in [-0.1, -0.05) is 0 Å². The number of ether oxygens (including phenoxy) is 1. The molecule has 11 nitrogen and oxygen atoms in total. The lowest BCUT2D eigenvalue weighted by Gasteiger charge is -2.26. The minimum Gasteiger partial charge on any atom is -0.383 e. The Labute approximate surface area is 223 Å². The predicted molar refractivity (Wildman–Crippen MR) is 149 cm³/mol. The van der Waals surface area contributed by atoms with Gasteiger partial charge in [-0.2, -0.15) is 0 Å². The molecule has 4 aromatic rings. The zero-order valence-corrected chi connectivity index (χ0v) is 24.3. The summed E-state index contributed by atoms with van der Waals surface area (Å²) < 4.78 is 37.0. The van der Waals surface area contributed by atoms with Gasteiger partial charge in [-0.05, 0) is 67.5 Å². The lowest BCUT2D eigenvalue weighted by atomic mass is 9.99. The van der Waals surface area contributed by atoms with Crippen LogP contribution in [0.25, 0.3) is 28.2 Å². The number of hydrogen-bond acceptors (Lipinski definition) is 8. The largest absolute Gasteiger partial charge is 0.383 e. The molecule has 1 atom stereocenters. The number of anilines is 2. The van der Waals surface area contributed by atoms with Crippen LogP contribution in [0.5, 0.6) is 0 Å². The van der Waals surface area contributed by atoms with E-state index < -0.39 is 14.8 Å². The van der Waals surface area contributed by atoms with Crippen molar-refractivity contribution in [2.24, 2.45) is 0 Å². The van der Waals surface area contributed by atoms with Gasteiger partial charge in [0.2, 0.25) is 15.7 Å². The molecule has 0 saturated carbocycles. The van der Waals surface area contributed by atoms with Gasteiger partial charge in [-0.15, -0.1) is 10.2 Å². The smallest absolute Gasteiger partial charge is 0.244 e. The zero-order chi connectivity index (χ0) is 27.7. The third-order valence-electron chi connectivity index (χ3n) is 7.13. The van der Waals surface area contributed by atoms with Crippen LogP contribution in [-0.4, -0.2) is 63.4 Å². The number of hydrogen-bond donors (Lipinski definition) is 1. The second kappa shape index (κ2) is 8.91. The fourth-order valence-electron chi connectivity index (χ4n) is 5.29. The summed E-state index contributed by atoms with van der Waals surface area (Å²) in [6.07, 6.45) is 1.90. The van der Waals surface area contributed by atoms with Crippen molar-refractivity contribution < 1.29 is 13.2 Å². The van der Waals surface area contributed by atoms with Crippen molar-refractivity contribution in [2.75, 3.05) is 23.3 Å². The number of aromatic nitrogens is 6. The summed E-state index contributed by atoms with van der Waals surface area (Å²) in [5, 5.41) is 11.9. The summed E-state index contributed by atoms with van der Waals surface area (Å²) in [5.41, 5.74) is 4.25. The third-order valence-corrected chi connectivity index (χ3v) is 9.78. The Morgan fingerprint density at radius 2 is 1.79 bits per heavy atom. The van der Waals surface area contributed by atoms with Gasteiger partial charge in [0.15, 0.2) is 11.6 Å². The first-order chi connectivity index (χ1) is 17.8. The summed E-state index contributed by atoms with van der Waals surface area (Å²) in [5.74, 6) is 2.02. The lowest BCUT2D eigenvalue weighted by molar-refractivity contribution is 0.164. The molecule has 0 radical (unpaired) electrons. The predicted octanol–water partition coefficient (Wildman–Crippen LogP) is 4.27. The SMILES string of the molecule is COC[C@H](C)n1c(-c2cn3c(C)nnc3c(NC(C)C)n2)nc2cc3c(cc21)N(C(C)C)S(=O)(=O)C3(C)C. The number of sulfonamides is 1. The summed E-state index contributed by atoms with van der Waals surface area (Å²) in [6.45, 7) is 15.8. The Hall–Kier alpha value is -3.25. The van der Waals surface area contributed by atoms with Crippen molar-refractivity contribution in [2.45, 2.75) is 78.3 Å². The fourth-order valence-corrected chi connectivity index (χ4v) is 7.19. The zero-order valence-electron chi connectivity index (χ0n) is 23.4. The number of methoxy groups -OCH3 is 1.